The fourth-order valence-electron chi connectivity index (χ4n) is 3.12. The quantitative estimate of drug-likeness (QED) is 0.882. The van der Waals surface area contributed by atoms with E-state index in [1.54, 1.807) is 36.4 Å². The summed E-state index contributed by atoms with van der Waals surface area (Å²) in [5, 5.41) is 3.42. The molecule has 1 N–H and O–H groups in total. The monoisotopic (exact) mass is 356 g/mol. The van der Waals surface area contributed by atoms with Gasteiger partial charge in [-0.3, -0.25) is 9.59 Å². The zero-order chi connectivity index (χ0) is 17.8. The summed E-state index contributed by atoms with van der Waals surface area (Å²) in [6.45, 7) is 3.69. The molecule has 4 nitrogen and oxygen atoms in total. The summed E-state index contributed by atoms with van der Waals surface area (Å²) in [5.41, 5.74) is 1.56. The molecule has 5 heteroatoms. The molecular formula is C20H21ClN2O2. The number of rotatable bonds is 3. The molecule has 1 unspecified atom stereocenters. The lowest BCUT2D eigenvalue weighted by atomic mass is 9.99. The van der Waals surface area contributed by atoms with E-state index in [4.69, 9.17) is 11.6 Å². The van der Waals surface area contributed by atoms with Crippen LogP contribution in [0, 0.1) is 5.92 Å². The van der Waals surface area contributed by atoms with Crippen molar-refractivity contribution < 1.29 is 9.59 Å². The molecule has 0 bridgehead atoms. The molecule has 0 aromatic heterocycles. The van der Waals surface area contributed by atoms with E-state index in [1.807, 2.05) is 17.0 Å². The number of carbonyl (C=O) groups is 2. The first kappa shape index (κ1) is 17.5. The molecule has 2 aromatic carbocycles. The van der Waals surface area contributed by atoms with E-state index in [-0.39, 0.29) is 11.8 Å². The van der Waals surface area contributed by atoms with E-state index in [0.29, 0.717) is 27.8 Å². The second kappa shape index (κ2) is 7.70. The molecule has 1 heterocycles. The SMILES string of the molecule is CC1CCCN(C(=O)c2ccccc2NC(=O)c2ccc(Cl)cc2)C1. The average molecular weight is 357 g/mol. The number of benzene rings is 2. The van der Waals surface area contributed by atoms with Gasteiger partial charge in [0.25, 0.3) is 11.8 Å². The third-order valence-electron chi connectivity index (χ3n) is 4.46. The smallest absolute Gasteiger partial charge is 0.255 e. The lowest BCUT2D eigenvalue weighted by Crippen LogP contribution is -2.39. The van der Waals surface area contributed by atoms with Gasteiger partial charge in [-0.05, 0) is 55.2 Å². The van der Waals surface area contributed by atoms with Crippen LogP contribution in [-0.2, 0) is 0 Å². The topological polar surface area (TPSA) is 49.4 Å². The largest absolute Gasteiger partial charge is 0.338 e. The number of para-hydroxylation sites is 1. The minimum Gasteiger partial charge on any atom is -0.338 e. The van der Waals surface area contributed by atoms with Crippen molar-refractivity contribution in [2.45, 2.75) is 19.8 Å². The molecule has 1 aliphatic rings. The Balaban J connectivity index is 1.79. The van der Waals surface area contributed by atoms with Gasteiger partial charge in [0.2, 0.25) is 0 Å². The molecule has 1 saturated heterocycles. The predicted octanol–water partition coefficient (Wildman–Crippen LogP) is 4.46. The van der Waals surface area contributed by atoms with Gasteiger partial charge in [-0.1, -0.05) is 30.7 Å². The second-order valence-corrected chi connectivity index (χ2v) is 6.94. The highest BCUT2D eigenvalue weighted by molar-refractivity contribution is 6.30. The molecule has 130 valence electrons. The summed E-state index contributed by atoms with van der Waals surface area (Å²) in [6, 6.07) is 13.8. The van der Waals surface area contributed by atoms with E-state index in [0.717, 1.165) is 25.9 Å². The fourth-order valence-corrected chi connectivity index (χ4v) is 3.24. The molecular weight excluding hydrogens is 336 g/mol. The molecule has 0 aliphatic carbocycles. The van der Waals surface area contributed by atoms with Gasteiger partial charge < -0.3 is 10.2 Å². The number of halogens is 1. The van der Waals surface area contributed by atoms with Crippen molar-refractivity contribution in [3.05, 3.63) is 64.7 Å². The summed E-state index contributed by atoms with van der Waals surface area (Å²) in [6.07, 6.45) is 2.17. The van der Waals surface area contributed by atoms with Crippen LogP contribution in [0.15, 0.2) is 48.5 Å². The van der Waals surface area contributed by atoms with Crippen LogP contribution in [-0.4, -0.2) is 29.8 Å². The maximum absolute atomic E-state index is 12.9. The summed E-state index contributed by atoms with van der Waals surface area (Å²) in [4.78, 5) is 27.2. The van der Waals surface area contributed by atoms with Crippen LogP contribution in [0.2, 0.25) is 5.02 Å². The Kier molecular flexibility index (Phi) is 5.39. The highest BCUT2D eigenvalue weighted by atomic mass is 35.5. The first-order valence-corrected chi connectivity index (χ1v) is 8.87. The summed E-state index contributed by atoms with van der Waals surface area (Å²) < 4.78 is 0. The molecule has 2 aromatic rings. The lowest BCUT2D eigenvalue weighted by Gasteiger charge is -2.31. The summed E-state index contributed by atoms with van der Waals surface area (Å²) in [5.74, 6) is 0.219. The van der Waals surface area contributed by atoms with E-state index < -0.39 is 0 Å². The maximum atomic E-state index is 12.9. The highest BCUT2D eigenvalue weighted by Gasteiger charge is 2.24. The zero-order valence-corrected chi connectivity index (χ0v) is 14.9. The van der Waals surface area contributed by atoms with Crippen molar-refractivity contribution in [3.8, 4) is 0 Å². The van der Waals surface area contributed by atoms with Crippen molar-refractivity contribution >= 4 is 29.1 Å². The van der Waals surface area contributed by atoms with Crippen molar-refractivity contribution in [1.82, 2.24) is 4.90 Å². The molecule has 0 radical (unpaired) electrons. The molecule has 25 heavy (non-hydrogen) atoms. The number of likely N-dealkylation sites (tertiary alicyclic amines) is 1. The molecule has 3 rings (SSSR count). The van der Waals surface area contributed by atoms with Gasteiger partial charge in [-0.25, -0.2) is 0 Å². The maximum Gasteiger partial charge on any atom is 0.255 e. The van der Waals surface area contributed by atoms with Crippen LogP contribution in [0.1, 0.15) is 40.5 Å². The molecule has 1 fully saturated rings. The Morgan fingerprint density at radius 2 is 1.84 bits per heavy atom. The highest BCUT2D eigenvalue weighted by Crippen LogP contribution is 2.22. The van der Waals surface area contributed by atoms with Crippen molar-refractivity contribution in [2.75, 3.05) is 18.4 Å². The number of nitrogens with one attached hydrogen (secondary N) is 1. The van der Waals surface area contributed by atoms with Gasteiger partial charge in [0, 0.05) is 23.7 Å². The molecule has 0 spiro atoms. The van der Waals surface area contributed by atoms with Gasteiger partial charge in [-0.2, -0.15) is 0 Å². The zero-order valence-electron chi connectivity index (χ0n) is 14.2. The summed E-state index contributed by atoms with van der Waals surface area (Å²) in [7, 11) is 0. The Morgan fingerprint density at radius 3 is 2.56 bits per heavy atom. The third kappa shape index (κ3) is 4.20. The Hall–Kier alpha value is -2.33. The number of amides is 2. The minimum atomic E-state index is -0.260. The number of hydrogen-bond donors (Lipinski definition) is 1. The molecule has 1 atom stereocenters. The summed E-state index contributed by atoms with van der Waals surface area (Å²) >= 11 is 5.86. The Labute approximate surface area is 152 Å². The van der Waals surface area contributed by atoms with E-state index in [1.165, 1.54) is 0 Å². The van der Waals surface area contributed by atoms with Crippen LogP contribution < -0.4 is 5.32 Å². The third-order valence-corrected chi connectivity index (χ3v) is 4.71. The molecule has 1 aliphatic heterocycles. The van der Waals surface area contributed by atoms with Crippen LogP contribution in [0.25, 0.3) is 0 Å². The number of hydrogen-bond acceptors (Lipinski definition) is 2. The number of anilines is 1. The van der Waals surface area contributed by atoms with Crippen molar-refractivity contribution in [2.24, 2.45) is 5.92 Å². The van der Waals surface area contributed by atoms with Gasteiger partial charge in [0.05, 0.1) is 11.3 Å². The lowest BCUT2D eigenvalue weighted by molar-refractivity contribution is 0.0684. The van der Waals surface area contributed by atoms with Crippen LogP contribution in [0.3, 0.4) is 0 Å². The first-order chi connectivity index (χ1) is 12.0. The Bertz CT molecular complexity index is 774. The average Bonchev–Trinajstić information content (AvgIpc) is 2.62. The first-order valence-electron chi connectivity index (χ1n) is 8.50. The van der Waals surface area contributed by atoms with Gasteiger partial charge in [-0.15, -0.1) is 0 Å². The van der Waals surface area contributed by atoms with Gasteiger partial charge in [0.15, 0.2) is 0 Å². The van der Waals surface area contributed by atoms with E-state index >= 15 is 0 Å². The molecule has 0 saturated carbocycles. The van der Waals surface area contributed by atoms with Gasteiger partial charge >= 0.3 is 0 Å². The number of piperidine rings is 1. The standard InChI is InChI=1S/C20H21ClN2O2/c1-14-5-4-12-23(13-14)20(25)17-6-2-3-7-18(17)22-19(24)15-8-10-16(21)11-9-15/h2-3,6-11,14H,4-5,12-13H2,1H3,(H,22,24). The molecule has 2 amide bonds. The van der Waals surface area contributed by atoms with Crippen LogP contribution in [0.5, 0.6) is 0 Å². The predicted molar refractivity (Wildman–Crippen MR) is 100 cm³/mol. The van der Waals surface area contributed by atoms with Gasteiger partial charge in [0.1, 0.15) is 0 Å². The second-order valence-electron chi connectivity index (χ2n) is 6.51. The van der Waals surface area contributed by atoms with E-state index in [2.05, 4.69) is 12.2 Å². The number of nitrogens with zero attached hydrogens (tertiary/aromatic N) is 1. The normalized spacial score (nSPS) is 17.2. The van der Waals surface area contributed by atoms with Crippen LogP contribution >= 0.6 is 11.6 Å². The minimum absolute atomic E-state index is 0.0291. The van der Waals surface area contributed by atoms with Crippen LogP contribution in [0.4, 0.5) is 5.69 Å². The Morgan fingerprint density at radius 1 is 1.12 bits per heavy atom. The number of carbonyl (C=O) groups excluding carboxylic acids is 2. The fraction of sp³-hybridized carbons (Fsp3) is 0.300. The van der Waals surface area contributed by atoms with E-state index in [9.17, 15) is 9.59 Å². The van der Waals surface area contributed by atoms with Crippen molar-refractivity contribution in [1.29, 1.82) is 0 Å². The van der Waals surface area contributed by atoms with Crippen molar-refractivity contribution in [3.63, 3.8) is 0 Å².